The summed E-state index contributed by atoms with van der Waals surface area (Å²) in [6.07, 6.45) is 0.655. The van der Waals surface area contributed by atoms with Gasteiger partial charge in [-0.3, -0.25) is 9.69 Å². The molecule has 2 aliphatic rings. The van der Waals surface area contributed by atoms with Crippen molar-refractivity contribution in [3.63, 3.8) is 0 Å². The largest absolute Gasteiger partial charge is 0.435 e. The van der Waals surface area contributed by atoms with Gasteiger partial charge in [0, 0.05) is 37.8 Å². The predicted molar refractivity (Wildman–Crippen MR) is 87.6 cm³/mol. The summed E-state index contributed by atoms with van der Waals surface area (Å²) >= 11 is 0. The van der Waals surface area contributed by atoms with Crippen molar-refractivity contribution in [1.29, 1.82) is 0 Å². The van der Waals surface area contributed by atoms with Crippen LogP contribution in [-0.4, -0.2) is 74.5 Å². The molecule has 0 N–H and O–H groups in total. The van der Waals surface area contributed by atoms with Crippen molar-refractivity contribution in [1.82, 2.24) is 9.80 Å². The zero-order valence-electron chi connectivity index (χ0n) is 13.6. The van der Waals surface area contributed by atoms with E-state index >= 15 is 0 Å². The summed E-state index contributed by atoms with van der Waals surface area (Å²) < 4.78 is 51.7. The van der Waals surface area contributed by atoms with Crippen molar-refractivity contribution in [2.75, 3.05) is 37.7 Å². The number of hydrogen-bond acceptors (Lipinski definition) is 5. The first-order chi connectivity index (χ1) is 11.8. The summed E-state index contributed by atoms with van der Waals surface area (Å²) in [6, 6.07) is 5.68. The first-order valence-electron chi connectivity index (χ1n) is 8.13. The second-order valence-corrected chi connectivity index (χ2v) is 8.52. The topological polar surface area (TPSA) is 66.9 Å². The number of carbonyl (C=O) groups is 1. The van der Waals surface area contributed by atoms with Crippen molar-refractivity contribution in [3.8, 4) is 5.75 Å². The molecule has 1 aromatic carbocycles. The van der Waals surface area contributed by atoms with Crippen LogP contribution in [0.15, 0.2) is 24.3 Å². The molecule has 138 valence electrons. The number of carbonyl (C=O) groups excluding carboxylic acids is 1. The summed E-state index contributed by atoms with van der Waals surface area (Å²) in [4.78, 5) is 16.3. The molecule has 0 aliphatic carbocycles. The van der Waals surface area contributed by atoms with E-state index in [0.717, 1.165) is 0 Å². The van der Waals surface area contributed by atoms with Crippen molar-refractivity contribution in [3.05, 3.63) is 29.8 Å². The minimum absolute atomic E-state index is 0.0128. The number of hydrogen-bond donors (Lipinski definition) is 0. The summed E-state index contributed by atoms with van der Waals surface area (Å²) in [5.41, 5.74) is 0.415. The normalized spacial score (nSPS) is 23.8. The average Bonchev–Trinajstić information content (AvgIpc) is 2.94. The van der Waals surface area contributed by atoms with Crippen LogP contribution in [0.3, 0.4) is 0 Å². The molecule has 2 fully saturated rings. The van der Waals surface area contributed by atoms with E-state index < -0.39 is 16.4 Å². The lowest BCUT2D eigenvalue weighted by molar-refractivity contribution is -0.0498. The molecule has 1 unspecified atom stereocenters. The standard InChI is InChI=1S/C16H20F2N2O4S/c17-16(18)24-14-3-1-12(2-4-14)15(21)20-8-6-19(7-9-20)13-5-10-25(22,23)11-13/h1-4,13,16H,5-11H2. The summed E-state index contributed by atoms with van der Waals surface area (Å²) in [5, 5.41) is 0. The number of ether oxygens (including phenoxy) is 1. The highest BCUT2D eigenvalue weighted by molar-refractivity contribution is 7.91. The highest BCUT2D eigenvalue weighted by Crippen LogP contribution is 2.21. The Morgan fingerprint density at radius 1 is 1.12 bits per heavy atom. The summed E-state index contributed by atoms with van der Waals surface area (Å²) in [6.45, 7) is -0.583. The summed E-state index contributed by atoms with van der Waals surface area (Å²) in [7, 11) is -2.92. The SMILES string of the molecule is O=C(c1ccc(OC(F)F)cc1)N1CCN(C2CCS(=O)(=O)C2)CC1. The third-order valence-electron chi connectivity index (χ3n) is 4.65. The van der Waals surface area contributed by atoms with Crippen LogP contribution < -0.4 is 4.74 Å². The molecular weight excluding hydrogens is 354 g/mol. The van der Waals surface area contributed by atoms with Crippen molar-refractivity contribution in [2.24, 2.45) is 0 Å². The van der Waals surface area contributed by atoms with Gasteiger partial charge < -0.3 is 9.64 Å². The Kier molecular flexibility index (Phi) is 5.24. The Morgan fingerprint density at radius 3 is 2.28 bits per heavy atom. The molecule has 1 amide bonds. The maximum absolute atomic E-state index is 12.5. The third kappa shape index (κ3) is 4.46. The van der Waals surface area contributed by atoms with E-state index in [0.29, 0.717) is 38.2 Å². The molecule has 0 aromatic heterocycles. The van der Waals surface area contributed by atoms with Gasteiger partial charge in [-0.05, 0) is 30.7 Å². The molecule has 6 nitrogen and oxygen atoms in total. The zero-order chi connectivity index (χ0) is 18.0. The lowest BCUT2D eigenvalue weighted by Gasteiger charge is -2.37. The van der Waals surface area contributed by atoms with Crippen LogP contribution in [0.1, 0.15) is 16.8 Å². The van der Waals surface area contributed by atoms with E-state index in [1.165, 1.54) is 24.3 Å². The van der Waals surface area contributed by atoms with E-state index in [2.05, 4.69) is 9.64 Å². The lowest BCUT2D eigenvalue weighted by atomic mass is 10.1. The van der Waals surface area contributed by atoms with Crippen LogP contribution in [0.4, 0.5) is 8.78 Å². The Balaban J connectivity index is 1.54. The van der Waals surface area contributed by atoms with Crippen LogP contribution in [-0.2, 0) is 9.84 Å². The van der Waals surface area contributed by atoms with Gasteiger partial charge in [0.05, 0.1) is 11.5 Å². The average molecular weight is 374 g/mol. The van der Waals surface area contributed by atoms with Gasteiger partial charge >= 0.3 is 6.61 Å². The number of sulfone groups is 1. The maximum Gasteiger partial charge on any atom is 0.387 e. The molecule has 0 bridgehead atoms. The lowest BCUT2D eigenvalue weighted by Crippen LogP contribution is -2.52. The first-order valence-corrected chi connectivity index (χ1v) is 9.95. The van der Waals surface area contributed by atoms with Crippen LogP contribution in [0.5, 0.6) is 5.75 Å². The van der Waals surface area contributed by atoms with E-state index in [9.17, 15) is 22.0 Å². The molecular formula is C16H20F2N2O4S. The van der Waals surface area contributed by atoms with Gasteiger partial charge in [0.2, 0.25) is 0 Å². The number of nitrogens with zero attached hydrogens (tertiary/aromatic N) is 2. The fourth-order valence-electron chi connectivity index (χ4n) is 3.32. The van der Waals surface area contributed by atoms with Gasteiger partial charge in [0.1, 0.15) is 5.75 Å². The highest BCUT2D eigenvalue weighted by Gasteiger charge is 2.34. The minimum atomic E-state index is -2.92. The monoisotopic (exact) mass is 374 g/mol. The van der Waals surface area contributed by atoms with Crippen molar-refractivity contribution < 1.29 is 26.7 Å². The Hall–Kier alpha value is -1.74. The second kappa shape index (κ2) is 7.25. The molecule has 2 heterocycles. The van der Waals surface area contributed by atoms with Crippen LogP contribution in [0.2, 0.25) is 0 Å². The van der Waals surface area contributed by atoms with Crippen molar-refractivity contribution >= 4 is 15.7 Å². The molecule has 0 saturated carbocycles. The maximum atomic E-state index is 12.5. The first kappa shape index (κ1) is 18.1. The van der Waals surface area contributed by atoms with Crippen LogP contribution in [0.25, 0.3) is 0 Å². The summed E-state index contributed by atoms with van der Waals surface area (Å²) in [5.74, 6) is 0.289. The van der Waals surface area contributed by atoms with E-state index in [1.54, 1.807) is 4.90 Å². The fraction of sp³-hybridized carbons (Fsp3) is 0.562. The van der Waals surface area contributed by atoms with Crippen molar-refractivity contribution in [2.45, 2.75) is 19.1 Å². The van der Waals surface area contributed by atoms with Gasteiger partial charge in [-0.15, -0.1) is 0 Å². The molecule has 25 heavy (non-hydrogen) atoms. The number of halogens is 2. The smallest absolute Gasteiger partial charge is 0.387 e. The molecule has 0 spiro atoms. The van der Waals surface area contributed by atoms with Gasteiger partial charge in [-0.2, -0.15) is 8.78 Å². The van der Waals surface area contributed by atoms with Gasteiger partial charge in [0.15, 0.2) is 9.84 Å². The number of amides is 1. The Bertz CT molecular complexity index is 716. The number of rotatable bonds is 4. The van der Waals surface area contributed by atoms with Gasteiger partial charge in [0.25, 0.3) is 5.91 Å². The molecule has 1 aromatic rings. The van der Waals surface area contributed by atoms with Crippen LogP contribution >= 0.6 is 0 Å². The molecule has 2 aliphatic heterocycles. The van der Waals surface area contributed by atoms with E-state index in [1.807, 2.05) is 0 Å². The number of benzene rings is 1. The second-order valence-electron chi connectivity index (χ2n) is 6.29. The highest BCUT2D eigenvalue weighted by atomic mass is 32.2. The van der Waals surface area contributed by atoms with Gasteiger partial charge in [-0.1, -0.05) is 0 Å². The molecule has 9 heteroatoms. The quantitative estimate of drug-likeness (QED) is 0.793. The zero-order valence-corrected chi connectivity index (χ0v) is 14.4. The predicted octanol–water partition coefficient (Wildman–Crippen LogP) is 1.23. The van der Waals surface area contributed by atoms with Crippen LogP contribution in [0, 0.1) is 0 Å². The molecule has 0 radical (unpaired) electrons. The van der Waals surface area contributed by atoms with E-state index in [4.69, 9.17) is 0 Å². The Morgan fingerprint density at radius 2 is 1.76 bits per heavy atom. The number of piperazine rings is 1. The molecule has 1 atom stereocenters. The number of alkyl halides is 2. The fourth-order valence-corrected chi connectivity index (χ4v) is 5.08. The van der Waals surface area contributed by atoms with E-state index in [-0.39, 0.29) is 29.2 Å². The minimum Gasteiger partial charge on any atom is -0.435 e. The molecule has 3 rings (SSSR count). The Labute approximate surface area is 145 Å². The third-order valence-corrected chi connectivity index (χ3v) is 6.40. The van der Waals surface area contributed by atoms with Gasteiger partial charge in [-0.25, -0.2) is 8.42 Å². The molecule has 2 saturated heterocycles.